The number of phenolic OH excluding ortho intramolecular Hbond substituents is 1. The third kappa shape index (κ3) is 5.92. The molecule has 0 saturated carbocycles. The Morgan fingerprint density at radius 3 is 2.47 bits per heavy atom. The topological polar surface area (TPSA) is 44.0 Å². The zero-order chi connectivity index (χ0) is 12.3. The molecule has 1 rings (SSSR count). The van der Waals surface area contributed by atoms with Crippen molar-refractivity contribution in [1.29, 1.82) is 5.26 Å². The van der Waals surface area contributed by atoms with Crippen LogP contribution in [-0.4, -0.2) is 5.11 Å². The number of phenols is 1. The molecule has 15 heavy (non-hydrogen) atoms. The summed E-state index contributed by atoms with van der Waals surface area (Å²) in [5, 5.41) is 15.9. The molecule has 3 heteroatoms. The van der Waals surface area contributed by atoms with Gasteiger partial charge in [-0.25, -0.2) is 5.26 Å². The van der Waals surface area contributed by atoms with Crippen molar-refractivity contribution < 1.29 is 5.11 Å². The van der Waals surface area contributed by atoms with Crippen LogP contribution in [0.2, 0.25) is 0 Å². The van der Waals surface area contributed by atoms with Gasteiger partial charge in [0.25, 0.3) is 0 Å². The van der Waals surface area contributed by atoms with Gasteiger partial charge in [-0.3, -0.25) is 0 Å². The minimum atomic E-state index is 0.312. The van der Waals surface area contributed by atoms with Crippen LogP contribution in [0.4, 0.5) is 0 Å². The van der Waals surface area contributed by atoms with Crippen LogP contribution < -0.4 is 0 Å². The first-order valence-corrected chi connectivity index (χ1v) is 5.38. The number of benzene rings is 1. The Morgan fingerprint density at radius 1 is 1.47 bits per heavy atom. The lowest BCUT2D eigenvalue weighted by atomic mass is 10.1. The van der Waals surface area contributed by atoms with E-state index in [9.17, 15) is 5.11 Å². The van der Waals surface area contributed by atoms with Crippen LogP contribution >= 0.6 is 15.9 Å². The minimum Gasteiger partial charge on any atom is -0.506 e. The van der Waals surface area contributed by atoms with Crippen LogP contribution in [0.1, 0.15) is 19.4 Å². The molecule has 0 aliphatic heterocycles. The molecule has 0 bridgehead atoms. The molecule has 0 unspecified atom stereocenters. The second-order valence-corrected chi connectivity index (χ2v) is 3.09. The summed E-state index contributed by atoms with van der Waals surface area (Å²) in [5.74, 6) is 0.312. The Labute approximate surface area is 100.0 Å². The summed E-state index contributed by atoms with van der Waals surface area (Å²) in [6, 6.07) is 5.58. The van der Waals surface area contributed by atoms with Gasteiger partial charge in [0.2, 0.25) is 0 Å². The monoisotopic (exact) mass is 269 g/mol. The minimum absolute atomic E-state index is 0.312. The van der Waals surface area contributed by atoms with E-state index in [0.29, 0.717) is 12.2 Å². The number of hydrogen-bond acceptors (Lipinski definition) is 2. The molecule has 0 heterocycles. The van der Waals surface area contributed by atoms with Gasteiger partial charge in [-0.2, -0.15) is 0 Å². The number of nitrogens with zero attached hydrogens (tertiary/aromatic N) is 1. The van der Waals surface area contributed by atoms with Crippen LogP contribution in [0.3, 0.4) is 0 Å². The average molecular weight is 270 g/mol. The Balaban J connectivity index is 0. The first-order valence-electron chi connectivity index (χ1n) is 4.58. The highest BCUT2D eigenvalue weighted by Gasteiger charge is 2.01. The van der Waals surface area contributed by atoms with Crippen molar-refractivity contribution in [2.75, 3.05) is 0 Å². The summed E-state index contributed by atoms with van der Waals surface area (Å²) >= 11 is 3.23. The van der Waals surface area contributed by atoms with Gasteiger partial charge in [0.1, 0.15) is 5.75 Å². The van der Waals surface area contributed by atoms with Crippen molar-refractivity contribution in [1.82, 2.24) is 0 Å². The number of aromatic hydroxyl groups is 1. The number of hydrogen-bond donors (Lipinski definition) is 1. The number of allylic oxidation sites excluding steroid dienone is 1. The molecule has 0 aromatic heterocycles. The van der Waals surface area contributed by atoms with Gasteiger partial charge in [-0.05, 0) is 34.0 Å². The van der Waals surface area contributed by atoms with Gasteiger partial charge < -0.3 is 5.11 Å². The van der Waals surface area contributed by atoms with E-state index in [2.05, 4.69) is 29.1 Å². The summed E-state index contributed by atoms with van der Waals surface area (Å²) in [5.41, 5.74) is 0.898. The summed E-state index contributed by atoms with van der Waals surface area (Å²) < 4.78 is 0.733. The average Bonchev–Trinajstić information content (AvgIpc) is 2.31. The summed E-state index contributed by atoms with van der Waals surface area (Å²) in [6.07, 6.45) is 2.47. The Kier molecular flexibility index (Phi) is 11.7. The zero-order valence-electron chi connectivity index (χ0n) is 9.07. The molecule has 0 saturated heterocycles. The van der Waals surface area contributed by atoms with Gasteiger partial charge in [0.15, 0.2) is 0 Å². The van der Waals surface area contributed by atoms with E-state index in [4.69, 9.17) is 5.26 Å². The number of para-hydroxylation sites is 1. The highest BCUT2D eigenvalue weighted by molar-refractivity contribution is 9.10. The van der Waals surface area contributed by atoms with Crippen molar-refractivity contribution in [2.45, 2.75) is 20.3 Å². The van der Waals surface area contributed by atoms with Crippen LogP contribution in [-0.2, 0) is 6.42 Å². The quantitative estimate of drug-likeness (QED) is 0.824. The maximum Gasteiger partial charge on any atom is 0.133 e. The van der Waals surface area contributed by atoms with Crippen molar-refractivity contribution in [3.05, 3.63) is 40.9 Å². The molecule has 0 amide bonds. The van der Waals surface area contributed by atoms with E-state index in [1.54, 1.807) is 6.08 Å². The number of rotatable bonds is 2. The molecule has 0 aliphatic rings. The molecule has 0 atom stereocenters. The van der Waals surface area contributed by atoms with E-state index in [-0.39, 0.29) is 0 Å². The maximum atomic E-state index is 9.43. The SMILES string of the molecule is C#N.C=CCc1cccc(Br)c1O.CC. The standard InChI is InChI=1S/C9H9BrO.C2H6.CHN/c1-2-4-7-5-3-6-8(10)9(7)11;2*1-2/h2-3,5-6,11H,1,4H2;1-2H3;1H. The van der Waals surface area contributed by atoms with Gasteiger partial charge >= 0.3 is 0 Å². The first kappa shape index (κ1) is 16.2. The molecule has 82 valence electrons. The highest BCUT2D eigenvalue weighted by Crippen LogP contribution is 2.27. The zero-order valence-corrected chi connectivity index (χ0v) is 10.7. The van der Waals surface area contributed by atoms with E-state index in [0.717, 1.165) is 10.0 Å². The van der Waals surface area contributed by atoms with Crippen molar-refractivity contribution in [3.8, 4) is 12.3 Å². The van der Waals surface area contributed by atoms with E-state index in [1.165, 1.54) is 0 Å². The number of nitriles is 1. The van der Waals surface area contributed by atoms with Crippen molar-refractivity contribution >= 4 is 15.9 Å². The van der Waals surface area contributed by atoms with Crippen LogP contribution in [0.5, 0.6) is 5.75 Å². The first-order chi connectivity index (χ1) is 7.25. The second-order valence-electron chi connectivity index (χ2n) is 2.24. The molecule has 0 fully saturated rings. The fourth-order valence-electron chi connectivity index (χ4n) is 0.880. The van der Waals surface area contributed by atoms with E-state index in [1.807, 2.05) is 32.0 Å². The molecule has 1 aromatic rings. The van der Waals surface area contributed by atoms with Gasteiger partial charge in [0.05, 0.1) is 4.47 Å². The Morgan fingerprint density at radius 2 is 2.00 bits per heavy atom. The molecule has 1 N–H and O–H groups in total. The molecular weight excluding hydrogens is 254 g/mol. The summed E-state index contributed by atoms with van der Waals surface area (Å²) in [4.78, 5) is 0. The van der Waals surface area contributed by atoms with Crippen LogP contribution in [0, 0.1) is 11.8 Å². The highest BCUT2D eigenvalue weighted by atomic mass is 79.9. The lowest BCUT2D eigenvalue weighted by Crippen LogP contribution is -1.81. The predicted molar refractivity (Wildman–Crippen MR) is 67.7 cm³/mol. The molecule has 2 nitrogen and oxygen atoms in total. The van der Waals surface area contributed by atoms with Gasteiger partial charge in [0, 0.05) is 6.57 Å². The normalized spacial score (nSPS) is 7.53. The second kappa shape index (κ2) is 10.8. The van der Waals surface area contributed by atoms with Gasteiger partial charge in [-0.1, -0.05) is 32.1 Å². The van der Waals surface area contributed by atoms with Crippen LogP contribution in [0.25, 0.3) is 0 Å². The largest absolute Gasteiger partial charge is 0.506 e. The molecule has 1 aromatic carbocycles. The van der Waals surface area contributed by atoms with E-state index >= 15 is 0 Å². The smallest absolute Gasteiger partial charge is 0.133 e. The summed E-state index contributed by atoms with van der Waals surface area (Å²) in [6.45, 7) is 11.1. The van der Waals surface area contributed by atoms with Crippen molar-refractivity contribution in [3.63, 3.8) is 0 Å². The van der Waals surface area contributed by atoms with Crippen molar-refractivity contribution in [2.24, 2.45) is 0 Å². The molecule has 0 aliphatic carbocycles. The Bertz CT molecular complexity index is 308. The third-order valence-corrected chi connectivity index (χ3v) is 2.07. The Hall–Kier alpha value is -1.27. The van der Waals surface area contributed by atoms with E-state index < -0.39 is 0 Å². The summed E-state index contributed by atoms with van der Waals surface area (Å²) in [7, 11) is 0. The molecular formula is C12H16BrNO. The van der Waals surface area contributed by atoms with Gasteiger partial charge in [-0.15, -0.1) is 6.58 Å². The predicted octanol–water partition coefficient (Wildman–Crippen LogP) is 4.05. The maximum absolute atomic E-state index is 9.43. The molecule has 0 spiro atoms. The molecule has 0 radical (unpaired) electrons. The fourth-order valence-corrected chi connectivity index (χ4v) is 1.29. The number of halogens is 1. The van der Waals surface area contributed by atoms with Crippen LogP contribution in [0.15, 0.2) is 35.3 Å². The third-order valence-electron chi connectivity index (χ3n) is 1.43. The fraction of sp³-hybridized carbons (Fsp3) is 0.250. The lowest BCUT2D eigenvalue weighted by Gasteiger charge is -2.01. The lowest BCUT2D eigenvalue weighted by molar-refractivity contribution is 0.466.